The van der Waals surface area contributed by atoms with E-state index in [0.29, 0.717) is 12.6 Å². The molecule has 2 fully saturated rings. The van der Waals surface area contributed by atoms with Crippen LogP contribution in [-0.2, 0) is 0 Å². The number of hydrogen-bond donors (Lipinski definition) is 1. The zero-order valence-electron chi connectivity index (χ0n) is 11.0. The van der Waals surface area contributed by atoms with Crippen molar-refractivity contribution in [3.05, 3.63) is 33.3 Å². The minimum atomic E-state index is 0.290. The van der Waals surface area contributed by atoms with Gasteiger partial charge in [0, 0.05) is 35.2 Å². The average molecular weight is 344 g/mol. The topological polar surface area (TPSA) is 29.3 Å². The van der Waals surface area contributed by atoms with Gasteiger partial charge in [-0.3, -0.25) is 4.90 Å². The lowest BCUT2D eigenvalue weighted by Crippen LogP contribution is -2.33. The predicted molar refractivity (Wildman–Crippen MR) is 83.4 cm³/mol. The Morgan fingerprint density at radius 2 is 2.00 bits per heavy atom. The summed E-state index contributed by atoms with van der Waals surface area (Å²) in [4.78, 5) is 2.56. The first-order chi connectivity index (χ1) is 9.19. The third kappa shape index (κ3) is 2.71. The van der Waals surface area contributed by atoms with Gasteiger partial charge in [-0.05, 0) is 48.4 Å². The number of benzene rings is 1. The standard InChI is InChI=1S/C15H20BrClN2/c16-14-5-4-12(17)6-13(14)15(7-18)19-8-10-2-1-3-11(10)9-19/h4-6,10-11,15H,1-3,7-9,18H2. The minimum absolute atomic E-state index is 0.290. The van der Waals surface area contributed by atoms with Crippen LogP contribution in [0, 0.1) is 11.8 Å². The molecule has 2 N–H and O–H groups in total. The second-order valence-corrected chi connectivity index (χ2v) is 7.11. The van der Waals surface area contributed by atoms with Gasteiger partial charge in [0.1, 0.15) is 0 Å². The largest absolute Gasteiger partial charge is 0.329 e. The molecule has 0 bridgehead atoms. The molecule has 0 amide bonds. The molecule has 1 aromatic carbocycles. The van der Waals surface area contributed by atoms with E-state index in [4.69, 9.17) is 17.3 Å². The number of halogens is 2. The number of hydrogen-bond acceptors (Lipinski definition) is 2. The van der Waals surface area contributed by atoms with Gasteiger partial charge >= 0.3 is 0 Å². The van der Waals surface area contributed by atoms with Gasteiger partial charge in [0.05, 0.1) is 0 Å². The predicted octanol–water partition coefficient (Wildman–Crippen LogP) is 3.83. The molecule has 1 saturated carbocycles. The first kappa shape index (κ1) is 13.9. The van der Waals surface area contributed by atoms with E-state index in [-0.39, 0.29) is 0 Å². The fourth-order valence-electron chi connectivity index (χ4n) is 3.77. The highest BCUT2D eigenvalue weighted by molar-refractivity contribution is 9.10. The summed E-state index contributed by atoms with van der Waals surface area (Å²) in [6.07, 6.45) is 4.21. The fraction of sp³-hybridized carbons (Fsp3) is 0.600. The maximum absolute atomic E-state index is 6.14. The summed E-state index contributed by atoms with van der Waals surface area (Å²) >= 11 is 9.78. The molecular weight excluding hydrogens is 324 g/mol. The van der Waals surface area contributed by atoms with Crippen molar-refractivity contribution in [1.29, 1.82) is 0 Å². The SMILES string of the molecule is NCC(c1cc(Cl)ccc1Br)N1CC2CCCC2C1. The van der Waals surface area contributed by atoms with Crippen LogP contribution in [0.3, 0.4) is 0 Å². The first-order valence-electron chi connectivity index (χ1n) is 7.08. The second-order valence-electron chi connectivity index (χ2n) is 5.82. The third-order valence-electron chi connectivity index (χ3n) is 4.74. The number of nitrogens with zero attached hydrogens (tertiary/aromatic N) is 1. The molecule has 1 aromatic rings. The summed E-state index contributed by atoms with van der Waals surface area (Å²) in [7, 11) is 0. The molecule has 0 radical (unpaired) electrons. The molecule has 1 aliphatic carbocycles. The van der Waals surface area contributed by atoms with Crippen molar-refractivity contribution in [2.45, 2.75) is 25.3 Å². The van der Waals surface area contributed by atoms with E-state index in [0.717, 1.165) is 21.3 Å². The zero-order chi connectivity index (χ0) is 13.4. The molecular formula is C15H20BrClN2. The Hall–Kier alpha value is -0.0900. The maximum atomic E-state index is 6.14. The van der Waals surface area contributed by atoms with E-state index in [1.165, 1.54) is 37.9 Å². The molecule has 1 aliphatic heterocycles. The molecule has 2 aliphatic rings. The molecule has 4 heteroatoms. The normalized spacial score (nSPS) is 28.6. The van der Waals surface area contributed by atoms with E-state index >= 15 is 0 Å². The summed E-state index contributed by atoms with van der Waals surface area (Å²) in [5, 5.41) is 0.788. The van der Waals surface area contributed by atoms with Crippen molar-refractivity contribution in [2.75, 3.05) is 19.6 Å². The van der Waals surface area contributed by atoms with Crippen LogP contribution in [0.4, 0.5) is 0 Å². The highest BCUT2D eigenvalue weighted by Crippen LogP contribution is 2.41. The number of nitrogens with two attached hydrogens (primary N) is 1. The van der Waals surface area contributed by atoms with Crippen molar-refractivity contribution < 1.29 is 0 Å². The highest BCUT2D eigenvalue weighted by atomic mass is 79.9. The minimum Gasteiger partial charge on any atom is -0.329 e. The Morgan fingerprint density at radius 3 is 2.63 bits per heavy atom. The van der Waals surface area contributed by atoms with E-state index < -0.39 is 0 Å². The summed E-state index contributed by atoms with van der Waals surface area (Å²) in [5.41, 5.74) is 7.28. The number of rotatable bonds is 3. The van der Waals surface area contributed by atoms with Crippen LogP contribution in [0.5, 0.6) is 0 Å². The van der Waals surface area contributed by atoms with Crippen molar-refractivity contribution in [3.8, 4) is 0 Å². The Kier molecular flexibility index (Phi) is 4.18. The Morgan fingerprint density at radius 1 is 1.32 bits per heavy atom. The molecule has 19 heavy (non-hydrogen) atoms. The molecule has 1 heterocycles. The van der Waals surface area contributed by atoms with E-state index in [1.807, 2.05) is 12.1 Å². The van der Waals surface area contributed by atoms with Crippen LogP contribution in [0.2, 0.25) is 5.02 Å². The Labute approximate surface area is 128 Å². The fourth-order valence-corrected chi connectivity index (χ4v) is 4.46. The lowest BCUT2D eigenvalue weighted by Gasteiger charge is -2.28. The van der Waals surface area contributed by atoms with Gasteiger partial charge in [0.15, 0.2) is 0 Å². The van der Waals surface area contributed by atoms with Gasteiger partial charge < -0.3 is 5.73 Å². The van der Waals surface area contributed by atoms with Gasteiger partial charge in [-0.1, -0.05) is 34.0 Å². The second kappa shape index (κ2) is 5.72. The van der Waals surface area contributed by atoms with Crippen molar-refractivity contribution >= 4 is 27.5 Å². The Balaban J connectivity index is 1.83. The van der Waals surface area contributed by atoms with Gasteiger partial charge in [-0.25, -0.2) is 0 Å². The molecule has 2 nitrogen and oxygen atoms in total. The van der Waals surface area contributed by atoms with Gasteiger partial charge in [-0.15, -0.1) is 0 Å². The smallest absolute Gasteiger partial charge is 0.0482 e. The summed E-state index contributed by atoms with van der Waals surface area (Å²) in [5.74, 6) is 1.79. The zero-order valence-corrected chi connectivity index (χ0v) is 13.3. The average Bonchev–Trinajstić information content (AvgIpc) is 2.95. The molecule has 3 atom stereocenters. The lowest BCUT2D eigenvalue weighted by atomic mass is 10.0. The Bertz CT molecular complexity index is 453. The first-order valence-corrected chi connectivity index (χ1v) is 8.25. The number of fused-ring (bicyclic) bond motifs is 1. The van der Waals surface area contributed by atoms with Crippen LogP contribution >= 0.6 is 27.5 Å². The molecule has 3 unspecified atom stereocenters. The van der Waals surface area contributed by atoms with Gasteiger partial charge in [0.25, 0.3) is 0 Å². The maximum Gasteiger partial charge on any atom is 0.0482 e. The van der Waals surface area contributed by atoms with Gasteiger partial charge in [0.2, 0.25) is 0 Å². The monoisotopic (exact) mass is 342 g/mol. The quantitative estimate of drug-likeness (QED) is 0.903. The highest BCUT2D eigenvalue weighted by Gasteiger charge is 2.38. The molecule has 104 valence electrons. The number of likely N-dealkylation sites (tertiary alicyclic amines) is 1. The van der Waals surface area contributed by atoms with E-state index in [9.17, 15) is 0 Å². The summed E-state index contributed by atoms with van der Waals surface area (Å²) < 4.78 is 1.12. The van der Waals surface area contributed by atoms with Crippen LogP contribution in [0.25, 0.3) is 0 Å². The van der Waals surface area contributed by atoms with Crippen LogP contribution < -0.4 is 5.73 Å². The lowest BCUT2D eigenvalue weighted by molar-refractivity contribution is 0.231. The van der Waals surface area contributed by atoms with Crippen LogP contribution in [-0.4, -0.2) is 24.5 Å². The van der Waals surface area contributed by atoms with Crippen molar-refractivity contribution in [3.63, 3.8) is 0 Å². The third-order valence-corrected chi connectivity index (χ3v) is 5.69. The van der Waals surface area contributed by atoms with E-state index in [2.05, 4.69) is 26.9 Å². The van der Waals surface area contributed by atoms with Gasteiger partial charge in [-0.2, -0.15) is 0 Å². The molecule has 0 spiro atoms. The molecule has 0 aromatic heterocycles. The van der Waals surface area contributed by atoms with Crippen LogP contribution in [0.1, 0.15) is 30.9 Å². The summed E-state index contributed by atoms with van der Waals surface area (Å²) in [6.45, 7) is 3.05. The van der Waals surface area contributed by atoms with Crippen LogP contribution in [0.15, 0.2) is 22.7 Å². The van der Waals surface area contributed by atoms with Crippen molar-refractivity contribution in [1.82, 2.24) is 4.90 Å². The molecule has 1 saturated heterocycles. The van der Waals surface area contributed by atoms with Crippen molar-refractivity contribution in [2.24, 2.45) is 17.6 Å². The summed E-state index contributed by atoms with van der Waals surface area (Å²) in [6, 6.07) is 6.29. The molecule has 3 rings (SSSR count). The van der Waals surface area contributed by atoms with E-state index in [1.54, 1.807) is 0 Å².